The van der Waals surface area contributed by atoms with Crippen LogP contribution in [0.1, 0.15) is 48.3 Å². The summed E-state index contributed by atoms with van der Waals surface area (Å²) in [6, 6.07) is 8.24. The van der Waals surface area contributed by atoms with Crippen LogP contribution in [0.4, 0.5) is 13.2 Å². The van der Waals surface area contributed by atoms with Gasteiger partial charge >= 0.3 is 11.9 Å². The van der Waals surface area contributed by atoms with Crippen molar-refractivity contribution in [2.45, 2.75) is 44.6 Å². The van der Waals surface area contributed by atoms with Crippen LogP contribution < -0.4 is 5.69 Å². The largest absolute Gasteiger partial charge is 0.418 e. The summed E-state index contributed by atoms with van der Waals surface area (Å²) in [7, 11) is 3.55. The number of aromatic nitrogens is 5. The highest BCUT2D eigenvalue weighted by Gasteiger charge is 2.37. The van der Waals surface area contributed by atoms with E-state index in [1.54, 1.807) is 25.7 Å². The van der Waals surface area contributed by atoms with Gasteiger partial charge in [-0.05, 0) is 54.6 Å². The average molecular weight is 570 g/mol. The number of fused-ring (bicyclic) bond motifs is 1. The van der Waals surface area contributed by atoms with Gasteiger partial charge in [0, 0.05) is 52.7 Å². The molecular formula is C29H34F3N7O2. The van der Waals surface area contributed by atoms with Crippen LogP contribution in [0.25, 0.3) is 11.2 Å². The quantitative estimate of drug-likeness (QED) is 0.336. The Morgan fingerprint density at radius 1 is 1.15 bits per heavy atom. The molecule has 0 bridgehead atoms. The van der Waals surface area contributed by atoms with E-state index in [9.17, 15) is 18.0 Å². The fraction of sp³-hybridized carbons (Fsp3) is 0.483. The van der Waals surface area contributed by atoms with Crippen LogP contribution in [0.2, 0.25) is 0 Å². The van der Waals surface area contributed by atoms with Crippen molar-refractivity contribution < 1.29 is 17.9 Å². The Kier molecular flexibility index (Phi) is 7.25. The van der Waals surface area contributed by atoms with Crippen molar-refractivity contribution in [1.29, 1.82) is 0 Å². The van der Waals surface area contributed by atoms with Crippen LogP contribution in [0, 0.1) is 5.92 Å². The summed E-state index contributed by atoms with van der Waals surface area (Å²) in [4.78, 5) is 18.0. The molecule has 0 amide bonds. The van der Waals surface area contributed by atoms with E-state index < -0.39 is 17.4 Å². The van der Waals surface area contributed by atoms with Crippen LogP contribution >= 0.6 is 0 Å². The molecule has 0 radical (unpaired) electrons. The summed E-state index contributed by atoms with van der Waals surface area (Å²) in [6.07, 6.45) is 2.11. The summed E-state index contributed by atoms with van der Waals surface area (Å²) in [5.74, 6) is 1.22. The number of halogens is 3. The number of alkyl halides is 3. The minimum Gasteiger partial charge on any atom is -0.379 e. The lowest BCUT2D eigenvalue weighted by Gasteiger charge is -2.43. The Morgan fingerprint density at radius 3 is 2.63 bits per heavy atom. The van der Waals surface area contributed by atoms with Crippen molar-refractivity contribution in [3.05, 3.63) is 82.1 Å². The zero-order chi connectivity index (χ0) is 28.9. The molecule has 2 aliphatic heterocycles. The van der Waals surface area contributed by atoms with E-state index in [2.05, 4.69) is 26.9 Å². The number of nitrogens with zero attached hydrogens (tertiary/aromatic N) is 7. The molecule has 0 spiro atoms. The van der Waals surface area contributed by atoms with Gasteiger partial charge in [0.25, 0.3) is 0 Å². The lowest BCUT2D eigenvalue weighted by atomic mass is 9.99. The van der Waals surface area contributed by atoms with E-state index in [1.807, 2.05) is 29.8 Å². The number of hydrogen-bond donors (Lipinski definition) is 0. The van der Waals surface area contributed by atoms with Crippen LogP contribution in [0.3, 0.4) is 0 Å². The second kappa shape index (κ2) is 10.7. The summed E-state index contributed by atoms with van der Waals surface area (Å²) >= 11 is 0. The highest BCUT2D eigenvalue weighted by atomic mass is 19.4. The first-order valence-electron chi connectivity index (χ1n) is 13.9. The normalized spacial score (nSPS) is 20.0. The Bertz CT molecular complexity index is 1600. The number of methoxy groups -OCH3 is 1. The fourth-order valence-electron chi connectivity index (χ4n) is 6.17. The number of pyridine rings is 1. The maximum atomic E-state index is 14.3. The minimum absolute atomic E-state index is 0.108. The van der Waals surface area contributed by atoms with Crippen molar-refractivity contribution in [2.75, 3.05) is 33.3 Å². The molecule has 2 saturated heterocycles. The predicted molar refractivity (Wildman–Crippen MR) is 147 cm³/mol. The first-order valence-corrected chi connectivity index (χ1v) is 13.9. The third kappa shape index (κ3) is 5.31. The molecule has 3 aromatic heterocycles. The van der Waals surface area contributed by atoms with Crippen molar-refractivity contribution in [3.8, 4) is 5.69 Å². The lowest BCUT2D eigenvalue weighted by Crippen LogP contribution is -2.53. The zero-order valence-corrected chi connectivity index (χ0v) is 23.4. The lowest BCUT2D eigenvalue weighted by molar-refractivity contribution is -0.136. The number of benzene rings is 1. The molecule has 12 heteroatoms. The third-order valence-electron chi connectivity index (χ3n) is 8.31. The first-order chi connectivity index (χ1) is 19.6. The molecule has 0 aliphatic carbocycles. The maximum absolute atomic E-state index is 14.3. The Balaban J connectivity index is 1.41. The number of imidazole rings is 1. The van der Waals surface area contributed by atoms with Gasteiger partial charge in [-0.1, -0.05) is 19.1 Å². The van der Waals surface area contributed by atoms with Gasteiger partial charge in [0.1, 0.15) is 6.33 Å². The van der Waals surface area contributed by atoms with Crippen LogP contribution in [0.15, 0.2) is 53.8 Å². The number of piperidine rings is 1. The zero-order valence-electron chi connectivity index (χ0n) is 23.4. The van der Waals surface area contributed by atoms with E-state index in [1.165, 1.54) is 16.8 Å². The molecule has 5 heterocycles. The molecule has 2 aliphatic rings. The molecule has 218 valence electrons. The number of ether oxygens (including phenoxy) is 1. The van der Waals surface area contributed by atoms with Gasteiger partial charge in [0.05, 0.1) is 28.9 Å². The molecular weight excluding hydrogens is 535 g/mol. The van der Waals surface area contributed by atoms with Crippen molar-refractivity contribution in [3.63, 3.8) is 0 Å². The molecule has 2 fully saturated rings. The van der Waals surface area contributed by atoms with Crippen molar-refractivity contribution in [2.24, 2.45) is 13.0 Å². The number of hydrogen-bond acceptors (Lipinski definition) is 6. The molecule has 6 rings (SSSR count). The van der Waals surface area contributed by atoms with Gasteiger partial charge in [-0.15, -0.1) is 10.2 Å². The highest BCUT2D eigenvalue weighted by Crippen LogP contribution is 2.35. The van der Waals surface area contributed by atoms with Crippen molar-refractivity contribution in [1.82, 2.24) is 33.5 Å². The second-order valence-electron chi connectivity index (χ2n) is 11.4. The Morgan fingerprint density at radius 2 is 1.95 bits per heavy atom. The number of aryl methyl sites for hydroxylation is 1. The molecule has 1 aromatic carbocycles. The van der Waals surface area contributed by atoms with E-state index >= 15 is 0 Å². The highest BCUT2D eigenvalue weighted by molar-refractivity contribution is 5.58. The van der Waals surface area contributed by atoms with Crippen LogP contribution in [-0.4, -0.2) is 72.9 Å². The summed E-state index contributed by atoms with van der Waals surface area (Å²) in [5, 5.41) is 8.38. The third-order valence-corrected chi connectivity index (χ3v) is 8.31. The molecule has 2 atom stereocenters. The molecule has 4 aromatic rings. The molecule has 0 N–H and O–H groups in total. The van der Waals surface area contributed by atoms with Crippen LogP contribution in [0.5, 0.6) is 0 Å². The van der Waals surface area contributed by atoms with E-state index in [4.69, 9.17) is 4.74 Å². The molecule has 9 nitrogen and oxygen atoms in total. The topological polar surface area (TPSA) is 72.8 Å². The van der Waals surface area contributed by atoms with Gasteiger partial charge in [-0.25, -0.2) is 4.79 Å². The van der Waals surface area contributed by atoms with E-state index in [-0.39, 0.29) is 17.7 Å². The first kappa shape index (κ1) is 27.7. The number of likely N-dealkylation sites (tertiary alicyclic amines) is 2. The second-order valence-corrected chi connectivity index (χ2v) is 11.4. The average Bonchev–Trinajstić information content (AvgIpc) is 3.47. The van der Waals surface area contributed by atoms with E-state index in [0.29, 0.717) is 36.8 Å². The predicted octanol–water partition coefficient (Wildman–Crippen LogP) is 3.89. The summed E-state index contributed by atoms with van der Waals surface area (Å²) in [5.41, 5.74) is 0.280. The summed E-state index contributed by atoms with van der Waals surface area (Å²) in [6.45, 7) is 5.58. The Hall–Kier alpha value is -3.48. The van der Waals surface area contributed by atoms with Gasteiger partial charge in [0.15, 0.2) is 5.82 Å². The van der Waals surface area contributed by atoms with Gasteiger partial charge in [-0.3, -0.25) is 18.8 Å². The SMILES string of the molecule is COC1CN([C@@H](c2cccc(-n3cc4c(C(F)(F)F)cc(CN5CCC[C@H](C)C5)cn4c3=O)c2)c2nncn2C)C1. The number of rotatable bonds is 7. The van der Waals surface area contributed by atoms with Gasteiger partial charge < -0.3 is 9.30 Å². The van der Waals surface area contributed by atoms with Gasteiger partial charge in [0.2, 0.25) is 0 Å². The van der Waals surface area contributed by atoms with Crippen LogP contribution in [-0.2, 0) is 24.5 Å². The summed E-state index contributed by atoms with van der Waals surface area (Å²) < 4.78 is 52.6. The van der Waals surface area contributed by atoms with E-state index in [0.717, 1.165) is 41.7 Å². The smallest absolute Gasteiger partial charge is 0.379 e. The fourth-order valence-corrected chi connectivity index (χ4v) is 6.17. The molecule has 0 saturated carbocycles. The standard InChI is InChI=1S/C29H34F3N7O2/c1-19-6-5-9-36(12-19)13-20-10-24(29(30,31)32)25-17-38(28(40)39(25)14-20)22-8-4-7-21(11-22)26(27-34-33-18-35(27)2)37-15-23(16-37)41-3/h4,7-8,10-11,14,17-19,23,26H,5-6,9,12-13,15-16H2,1-3H3/t19-,26-/m0/s1. The maximum Gasteiger partial charge on any atom is 0.418 e. The molecule has 41 heavy (non-hydrogen) atoms. The van der Waals surface area contributed by atoms with Gasteiger partial charge in [-0.2, -0.15) is 13.2 Å². The van der Waals surface area contributed by atoms with Crippen molar-refractivity contribution >= 4 is 5.52 Å². The minimum atomic E-state index is -4.61. The monoisotopic (exact) mass is 569 g/mol. The molecule has 0 unspecified atom stereocenters. The Labute approximate surface area is 235 Å².